The SMILES string of the molecule is CC1(C)OB(c2cc3ccccc3c3oc4ccc(Cl)cc4c23)OC1(C)C. The van der Waals surface area contributed by atoms with E-state index >= 15 is 0 Å². The molecule has 5 rings (SSSR count). The van der Waals surface area contributed by atoms with Gasteiger partial charge in [0.15, 0.2) is 0 Å². The molecule has 4 aromatic rings. The summed E-state index contributed by atoms with van der Waals surface area (Å²) in [5.74, 6) is 0. The predicted octanol–water partition coefficient (Wildman–Crippen LogP) is 5.69. The van der Waals surface area contributed by atoms with E-state index in [9.17, 15) is 0 Å². The minimum atomic E-state index is -0.470. The normalized spacial score (nSPS) is 18.8. The minimum absolute atomic E-state index is 0.410. The highest BCUT2D eigenvalue weighted by atomic mass is 35.5. The third-order valence-electron chi connectivity index (χ3n) is 5.96. The molecule has 3 nitrogen and oxygen atoms in total. The van der Waals surface area contributed by atoms with E-state index in [1.165, 1.54) is 0 Å². The zero-order chi connectivity index (χ0) is 19.0. The molecule has 1 aliphatic heterocycles. The Morgan fingerprint density at radius 1 is 0.852 bits per heavy atom. The quantitative estimate of drug-likeness (QED) is 0.399. The first-order valence-electron chi connectivity index (χ1n) is 9.16. The largest absolute Gasteiger partial charge is 0.495 e. The van der Waals surface area contributed by atoms with Crippen LogP contribution in [0.25, 0.3) is 32.7 Å². The average molecular weight is 379 g/mol. The molecule has 1 saturated heterocycles. The van der Waals surface area contributed by atoms with E-state index < -0.39 is 18.3 Å². The summed E-state index contributed by atoms with van der Waals surface area (Å²) in [6.45, 7) is 8.26. The highest BCUT2D eigenvalue weighted by Crippen LogP contribution is 2.39. The van der Waals surface area contributed by atoms with Crippen LogP contribution in [0.1, 0.15) is 27.7 Å². The van der Waals surface area contributed by atoms with Crippen molar-refractivity contribution >= 4 is 56.9 Å². The fourth-order valence-corrected chi connectivity index (χ4v) is 3.94. The molecule has 5 heteroatoms. The van der Waals surface area contributed by atoms with Gasteiger partial charge in [-0.25, -0.2) is 0 Å². The van der Waals surface area contributed by atoms with Crippen molar-refractivity contribution in [1.29, 1.82) is 0 Å². The van der Waals surface area contributed by atoms with E-state index in [4.69, 9.17) is 25.3 Å². The lowest BCUT2D eigenvalue weighted by Crippen LogP contribution is -2.41. The van der Waals surface area contributed by atoms with Gasteiger partial charge in [-0.2, -0.15) is 0 Å². The molecule has 0 radical (unpaired) electrons. The standard InChI is InChI=1S/C22H20BClO3/c1-21(2)22(3,4)27-23(26-21)17-11-13-7-5-6-8-15(13)20-19(17)16-12-14(24)9-10-18(16)25-20/h5-12H,1-4H3. The maximum absolute atomic E-state index is 6.36. The summed E-state index contributed by atoms with van der Waals surface area (Å²) in [6, 6.07) is 16.1. The maximum atomic E-state index is 6.36. The first-order chi connectivity index (χ1) is 12.8. The Kier molecular flexibility index (Phi) is 3.49. The summed E-state index contributed by atoms with van der Waals surface area (Å²) in [6.07, 6.45) is 0. The molecule has 0 saturated carbocycles. The van der Waals surface area contributed by atoms with Crippen LogP contribution in [0.4, 0.5) is 0 Å². The first kappa shape index (κ1) is 17.1. The van der Waals surface area contributed by atoms with Gasteiger partial charge in [-0.05, 0) is 56.7 Å². The highest BCUT2D eigenvalue weighted by molar-refractivity contribution is 6.66. The number of benzene rings is 3. The van der Waals surface area contributed by atoms with Crippen molar-refractivity contribution in [2.75, 3.05) is 0 Å². The fraction of sp³-hybridized carbons (Fsp3) is 0.273. The minimum Gasteiger partial charge on any atom is -0.455 e. The van der Waals surface area contributed by atoms with Crippen molar-refractivity contribution in [2.45, 2.75) is 38.9 Å². The van der Waals surface area contributed by atoms with Crippen molar-refractivity contribution in [2.24, 2.45) is 0 Å². The van der Waals surface area contributed by atoms with E-state index in [2.05, 4.69) is 45.9 Å². The molecule has 1 aliphatic rings. The molecular weight excluding hydrogens is 359 g/mol. The van der Waals surface area contributed by atoms with E-state index in [0.29, 0.717) is 5.02 Å². The highest BCUT2D eigenvalue weighted by Gasteiger charge is 2.52. The van der Waals surface area contributed by atoms with Gasteiger partial charge in [-0.1, -0.05) is 41.9 Å². The van der Waals surface area contributed by atoms with Crippen molar-refractivity contribution < 1.29 is 13.7 Å². The molecule has 136 valence electrons. The number of hydrogen-bond acceptors (Lipinski definition) is 3. The fourth-order valence-electron chi connectivity index (χ4n) is 3.77. The second kappa shape index (κ2) is 5.51. The van der Waals surface area contributed by atoms with Crippen LogP contribution >= 0.6 is 11.6 Å². The Morgan fingerprint density at radius 3 is 2.30 bits per heavy atom. The molecule has 0 N–H and O–H groups in total. The van der Waals surface area contributed by atoms with Crippen LogP contribution in [0.15, 0.2) is 52.9 Å². The van der Waals surface area contributed by atoms with Gasteiger partial charge in [0.05, 0.1) is 11.2 Å². The molecule has 2 heterocycles. The Morgan fingerprint density at radius 2 is 1.56 bits per heavy atom. The lowest BCUT2D eigenvalue weighted by atomic mass is 9.75. The van der Waals surface area contributed by atoms with Crippen LogP contribution < -0.4 is 5.46 Å². The second-order valence-electron chi connectivity index (χ2n) is 8.22. The molecule has 1 fully saturated rings. The van der Waals surface area contributed by atoms with Crippen LogP contribution in [0.2, 0.25) is 5.02 Å². The summed E-state index contributed by atoms with van der Waals surface area (Å²) in [5.41, 5.74) is 1.81. The van der Waals surface area contributed by atoms with Crippen molar-refractivity contribution in [3.05, 3.63) is 53.6 Å². The lowest BCUT2D eigenvalue weighted by Gasteiger charge is -2.32. The molecule has 0 aliphatic carbocycles. The second-order valence-corrected chi connectivity index (χ2v) is 8.66. The zero-order valence-corrected chi connectivity index (χ0v) is 16.6. The van der Waals surface area contributed by atoms with Crippen LogP contribution in [-0.4, -0.2) is 18.3 Å². The molecule has 3 aromatic carbocycles. The molecule has 0 bridgehead atoms. The van der Waals surface area contributed by atoms with Gasteiger partial charge in [0.2, 0.25) is 0 Å². The first-order valence-corrected chi connectivity index (χ1v) is 9.54. The van der Waals surface area contributed by atoms with Crippen LogP contribution in [0.3, 0.4) is 0 Å². The third kappa shape index (κ3) is 2.44. The molecule has 0 atom stereocenters. The average Bonchev–Trinajstić information content (AvgIpc) is 3.08. The number of furan rings is 1. The maximum Gasteiger partial charge on any atom is 0.495 e. The Balaban J connectivity index is 1.88. The summed E-state index contributed by atoms with van der Waals surface area (Å²) in [4.78, 5) is 0. The smallest absolute Gasteiger partial charge is 0.455 e. The van der Waals surface area contributed by atoms with Gasteiger partial charge in [0.1, 0.15) is 11.2 Å². The van der Waals surface area contributed by atoms with Gasteiger partial charge >= 0.3 is 7.12 Å². The lowest BCUT2D eigenvalue weighted by molar-refractivity contribution is 0.00578. The summed E-state index contributed by atoms with van der Waals surface area (Å²) < 4.78 is 19.0. The number of fused-ring (bicyclic) bond motifs is 5. The molecule has 1 aromatic heterocycles. The van der Waals surface area contributed by atoms with E-state index in [-0.39, 0.29) is 0 Å². The number of rotatable bonds is 1. The topological polar surface area (TPSA) is 31.6 Å². The predicted molar refractivity (Wildman–Crippen MR) is 112 cm³/mol. The number of halogens is 1. The molecule has 0 amide bonds. The molecule has 0 spiro atoms. The van der Waals surface area contributed by atoms with Crippen LogP contribution in [0, 0.1) is 0 Å². The monoisotopic (exact) mass is 378 g/mol. The van der Waals surface area contributed by atoms with E-state index in [1.54, 1.807) is 0 Å². The van der Waals surface area contributed by atoms with Crippen LogP contribution in [0.5, 0.6) is 0 Å². The van der Waals surface area contributed by atoms with Gasteiger partial charge < -0.3 is 13.7 Å². The Bertz CT molecular complexity index is 1190. The molecular formula is C22H20BClO3. The van der Waals surface area contributed by atoms with Crippen LogP contribution in [-0.2, 0) is 9.31 Å². The Hall–Kier alpha value is -2.01. The van der Waals surface area contributed by atoms with Crippen molar-refractivity contribution in [3.63, 3.8) is 0 Å². The van der Waals surface area contributed by atoms with E-state index in [1.807, 2.05) is 30.3 Å². The van der Waals surface area contributed by atoms with Crippen molar-refractivity contribution in [3.8, 4) is 0 Å². The zero-order valence-electron chi connectivity index (χ0n) is 15.8. The van der Waals surface area contributed by atoms with Gasteiger partial charge in [0, 0.05) is 21.2 Å². The van der Waals surface area contributed by atoms with Gasteiger partial charge in [0.25, 0.3) is 0 Å². The number of hydrogen-bond donors (Lipinski definition) is 0. The summed E-state index contributed by atoms with van der Waals surface area (Å²) >= 11 is 6.29. The van der Waals surface area contributed by atoms with Crippen molar-refractivity contribution in [1.82, 2.24) is 0 Å². The third-order valence-corrected chi connectivity index (χ3v) is 6.20. The summed E-state index contributed by atoms with van der Waals surface area (Å²) in [7, 11) is -0.470. The van der Waals surface area contributed by atoms with E-state index in [0.717, 1.165) is 38.2 Å². The molecule has 0 unspecified atom stereocenters. The molecule has 27 heavy (non-hydrogen) atoms. The van der Waals surface area contributed by atoms with Gasteiger partial charge in [-0.3, -0.25) is 0 Å². The Labute approximate surface area is 163 Å². The van der Waals surface area contributed by atoms with Gasteiger partial charge in [-0.15, -0.1) is 0 Å². The summed E-state index contributed by atoms with van der Waals surface area (Å²) in [5, 5.41) is 4.83.